The molecule has 0 spiro atoms. The maximum absolute atomic E-state index is 13.4. The van der Waals surface area contributed by atoms with Crippen molar-refractivity contribution in [1.29, 1.82) is 5.26 Å². The fraction of sp³-hybridized carbons (Fsp3) is 0.280. The van der Waals surface area contributed by atoms with Crippen molar-refractivity contribution in [2.24, 2.45) is 11.1 Å². The molecule has 0 saturated heterocycles. The molecule has 0 radical (unpaired) electrons. The lowest BCUT2D eigenvalue weighted by atomic mass is 9.68. The predicted octanol–water partition coefficient (Wildman–Crippen LogP) is 6.29. The third-order valence-corrected chi connectivity index (χ3v) is 6.44. The molecule has 1 aliphatic carbocycles. The first-order chi connectivity index (χ1) is 15.9. The van der Waals surface area contributed by atoms with Gasteiger partial charge in [-0.05, 0) is 53.8 Å². The van der Waals surface area contributed by atoms with E-state index in [0.717, 1.165) is 10.0 Å². The number of rotatable bonds is 3. The van der Waals surface area contributed by atoms with E-state index in [1.807, 2.05) is 38.1 Å². The van der Waals surface area contributed by atoms with Crippen LogP contribution in [0.15, 0.2) is 75.7 Å². The van der Waals surface area contributed by atoms with Gasteiger partial charge >= 0.3 is 6.36 Å². The van der Waals surface area contributed by atoms with Crippen LogP contribution in [0.25, 0.3) is 0 Å². The minimum absolute atomic E-state index is 0.0820. The predicted molar refractivity (Wildman–Crippen MR) is 124 cm³/mol. The van der Waals surface area contributed by atoms with Gasteiger partial charge in [-0.3, -0.25) is 9.69 Å². The third-order valence-electron chi connectivity index (χ3n) is 5.91. The first-order valence-electron chi connectivity index (χ1n) is 10.5. The van der Waals surface area contributed by atoms with Gasteiger partial charge in [0.1, 0.15) is 11.6 Å². The molecule has 1 atom stereocenters. The standard InChI is InChI=1S/C25H21BrF3N3O2/c1-24(2)11-19-22(20(33)12-24)21(14-3-5-15(26)6-4-14)18(13-30)23(31)32(19)16-7-9-17(10-8-16)34-25(27,28)29/h3-10,21H,11-12,31H2,1-2H3. The molecule has 0 bridgehead atoms. The highest BCUT2D eigenvalue weighted by atomic mass is 79.9. The van der Waals surface area contributed by atoms with E-state index in [4.69, 9.17) is 5.73 Å². The third kappa shape index (κ3) is 4.55. The van der Waals surface area contributed by atoms with Crippen LogP contribution in [0.2, 0.25) is 0 Å². The number of benzene rings is 2. The van der Waals surface area contributed by atoms with Gasteiger partial charge in [-0.15, -0.1) is 13.2 Å². The summed E-state index contributed by atoms with van der Waals surface area (Å²) in [5, 5.41) is 10.1. The smallest absolute Gasteiger partial charge is 0.406 e. The molecule has 2 N–H and O–H groups in total. The molecule has 2 aliphatic rings. The molecular formula is C25H21BrF3N3O2. The number of Topliss-reactive ketones (excluding diaryl/α,β-unsaturated/α-hetero) is 1. The maximum atomic E-state index is 13.4. The Bertz CT molecular complexity index is 1240. The Morgan fingerprint density at radius 2 is 1.74 bits per heavy atom. The van der Waals surface area contributed by atoms with Gasteiger partial charge in [0.2, 0.25) is 0 Å². The van der Waals surface area contributed by atoms with Gasteiger partial charge < -0.3 is 10.5 Å². The highest BCUT2D eigenvalue weighted by Gasteiger charge is 2.44. The lowest BCUT2D eigenvalue weighted by Gasteiger charge is -2.43. The lowest BCUT2D eigenvalue weighted by Crippen LogP contribution is -2.42. The van der Waals surface area contributed by atoms with Gasteiger partial charge in [0.05, 0.1) is 17.6 Å². The number of hydrogen-bond donors (Lipinski definition) is 1. The number of nitrogens with zero attached hydrogens (tertiary/aromatic N) is 2. The number of halogens is 4. The molecule has 9 heteroatoms. The van der Waals surface area contributed by atoms with Crippen LogP contribution in [0.1, 0.15) is 38.2 Å². The van der Waals surface area contributed by atoms with E-state index in [9.17, 15) is 23.2 Å². The molecule has 1 unspecified atom stereocenters. The Kier molecular flexibility index (Phi) is 5.98. The van der Waals surface area contributed by atoms with E-state index >= 15 is 0 Å². The average molecular weight is 532 g/mol. The molecule has 5 nitrogen and oxygen atoms in total. The van der Waals surface area contributed by atoms with Crippen LogP contribution in [0.4, 0.5) is 18.9 Å². The highest BCUT2D eigenvalue weighted by Crippen LogP contribution is 2.50. The molecule has 176 valence electrons. The van der Waals surface area contributed by atoms with Crippen LogP contribution < -0.4 is 15.4 Å². The van der Waals surface area contributed by atoms with Crippen LogP contribution in [-0.4, -0.2) is 12.1 Å². The second-order valence-corrected chi connectivity index (χ2v) is 9.99. The van der Waals surface area contributed by atoms with Gasteiger partial charge in [0.25, 0.3) is 0 Å². The fourth-order valence-electron chi connectivity index (χ4n) is 4.59. The number of nitrogens with two attached hydrogens (primary N) is 1. The van der Waals surface area contributed by atoms with Crippen LogP contribution >= 0.6 is 15.9 Å². The second kappa shape index (κ2) is 8.51. The molecule has 2 aromatic rings. The van der Waals surface area contributed by atoms with Crippen molar-refractivity contribution >= 4 is 27.4 Å². The maximum Gasteiger partial charge on any atom is 0.573 e. The van der Waals surface area contributed by atoms with Crippen LogP contribution in [-0.2, 0) is 4.79 Å². The Hall–Kier alpha value is -3.25. The molecule has 4 rings (SSSR count). The number of carbonyl (C=O) groups is 1. The number of ketones is 1. The summed E-state index contributed by atoms with van der Waals surface area (Å²) in [6.45, 7) is 3.95. The van der Waals surface area contributed by atoms with Gasteiger partial charge in [-0.2, -0.15) is 5.26 Å². The zero-order valence-corrected chi connectivity index (χ0v) is 20.0. The van der Waals surface area contributed by atoms with E-state index in [0.29, 0.717) is 29.8 Å². The van der Waals surface area contributed by atoms with Crippen molar-refractivity contribution in [3.05, 3.63) is 81.2 Å². The number of carbonyl (C=O) groups excluding carboxylic acids is 1. The van der Waals surface area contributed by atoms with Gasteiger partial charge in [-0.1, -0.05) is 41.9 Å². The number of anilines is 1. The van der Waals surface area contributed by atoms with Crippen molar-refractivity contribution in [2.45, 2.75) is 39.0 Å². The molecule has 2 aromatic carbocycles. The molecule has 1 heterocycles. The largest absolute Gasteiger partial charge is 0.573 e. The Balaban J connectivity index is 1.89. The number of hydrogen-bond acceptors (Lipinski definition) is 5. The summed E-state index contributed by atoms with van der Waals surface area (Å²) in [5.74, 6) is -0.940. The molecule has 0 amide bonds. The van der Waals surface area contributed by atoms with E-state index in [2.05, 4.69) is 26.7 Å². The normalized spacial score (nSPS) is 20.2. The minimum Gasteiger partial charge on any atom is -0.406 e. The number of nitriles is 1. The van der Waals surface area contributed by atoms with Gasteiger partial charge in [0, 0.05) is 27.9 Å². The molecule has 1 aliphatic heterocycles. The summed E-state index contributed by atoms with van der Waals surface area (Å²) in [6.07, 6.45) is -4.00. The second-order valence-electron chi connectivity index (χ2n) is 9.07. The number of allylic oxidation sites excluding steroid dienone is 3. The topological polar surface area (TPSA) is 79.3 Å². The minimum atomic E-state index is -4.81. The van der Waals surface area contributed by atoms with Crippen molar-refractivity contribution < 1.29 is 22.7 Å². The highest BCUT2D eigenvalue weighted by molar-refractivity contribution is 9.10. The van der Waals surface area contributed by atoms with Gasteiger partial charge in [-0.25, -0.2) is 0 Å². The van der Waals surface area contributed by atoms with Crippen molar-refractivity contribution in [3.63, 3.8) is 0 Å². The Morgan fingerprint density at radius 1 is 1.12 bits per heavy atom. The van der Waals surface area contributed by atoms with Crippen molar-refractivity contribution in [1.82, 2.24) is 0 Å². The van der Waals surface area contributed by atoms with Crippen LogP contribution in [0, 0.1) is 16.7 Å². The summed E-state index contributed by atoms with van der Waals surface area (Å²) >= 11 is 3.40. The summed E-state index contributed by atoms with van der Waals surface area (Å²) in [4.78, 5) is 15.0. The van der Waals surface area contributed by atoms with Crippen molar-refractivity contribution in [2.75, 3.05) is 4.90 Å². The van der Waals surface area contributed by atoms with E-state index in [1.165, 1.54) is 24.3 Å². The van der Waals surface area contributed by atoms with Crippen LogP contribution in [0.3, 0.4) is 0 Å². The molecule has 0 saturated carbocycles. The SMILES string of the molecule is CC1(C)CC(=O)C2=C(C1)N(c1ccc(OC(F)(F)F)cc1)C(N)=C(C#N)C2c1ccc(Br)cc1. The fourth-order valence-corrected chi connectivity index (χ4v) is 4.85. The Labute approximate surface area is 203 Å². The number of alkyl halides is 3. The summed E-state index contributed by atoms with van der Waals surface area (Å²) < 4.78 is 42.6. The number of ether oxygens (including phenoxy) is 1. The zero-order valence-electron chi connectivity index (χ0n) is 18.4. The van der Waals surface area contributed by atoms with Crippen LogP contribution in [0.5, 0.6) is 5.75 Å². The van der Waals surface area contributed by atoms with Gasteiger partial charge in [0.15, 0.2) is 5.78 Å². The molecule has 0 aromatic heterocycles. The summed E-state index contributed by atoms with van der Waals surface area (Å²) in [7, 11) is 0. The average Bonchev–Trinajstić information content (AvgIpc) is 2.72. The first kappa shape index (κ1) is 23.9. The molecular weight excluding hydrogens is 511 g/mol. The molecule has 34 heavy (non-hydrogen) atoms. The van der Waals surface area contributed by atoms with E-state index in [1.54, 1.807) is 4.90 Å². The molecule has 0 fully saturated rings. The van der Waals surface area contributed by atoms with E-state index in [-0.39, 0.29) is 28.3 Å². The lowest BCUT2D eigenvalue weighted by molar-refractivity contribution is -0.274. The van der Waals surface area contributed by atoms with E-state index < -0.39 is 12.3 Å². The monoisotopic (exact) mass is 531 g/mol. The Morgan fingerprint density at radius 3 is 2.29 bits per heavy atom. The van der Waals surface area contributed by atoms with Crippen molar-refractivity contribution in [3.8, 4) is 11.8 Å². The first-order valence-corrected chi connectivity index (χ1v) is 11.3. The summed E-state index contributed by atoms with van der Waals surface area (Å²) in [6, 6.07) is 14.8. The zero-order chi connectivity index (χ0) is 24.8. The summed E-state index contributed by atoms with van der Waals surface area (Å²) in [5.41, 5.74) is 8.71. The quantitative estimate of drug-likeness (QED) is 0.503.